The van der Waals surface area contributed by atoms with E-state index >= 15 is 0 Å². The number of rotatable bonds is 4. The second-order valence-electron chi connectivity index (χ2n) is 7.43. The normalized spacial score (nSPS) is 15.2. The van der Waals surface area contributed by atoms with E-state index in [-0.39, 0.29) is 23.9 Å². The van der Waals surface area contributed by atoms with E-state index in [2.05, 4.69) is 26.3 Å². The Morgan fingerprint density at radius 3 is 2.84 bits per heavy atom. The van der Waals surface area contributed by atoms with Crippen molar-refractivity contribution >= 4 is 50.3 Å². The summed E-state index contributed by atoms with van der Waals surface area (Å²) in [4.78, 5) is 30.5. The van der Waals surface area contributed by atoms with Crippen molar-refractivity contribution in [3.63, 3.8) is 0 Å². The lowest BCUT2D eigenvalue weighted by Crippen LogP contribution is -2.27. The highest BCUT2D eigenvalue weighted by Crippen LogP contribution is 2.33. The molecule has 2 aromatic carbocycles. The lowest BCUT2D eigenvalue weighted by atomic mass is 10.2. The van der Waals surface area contributed by atoms with E-state index in [9.17, 15) is 9.59 Å². The van der Waals surface area contributed by atoms with Gasteiger partial charge in [-0.2, -0.15) is 5.10 Å². The summed E-state index contributed by atoms with van der Waals surface area (Å²) in [7, 11) is 0. The molecule has 0 spiro atoms. The van der Waals surface area contributed by atoms with Crippen LogP contribution in [0.2, 0.25) is 0 Å². The van der Waals surface area contributed by atoms with Crippen molar-refractivity contribution < 1.29 is 4.79 Å². The van der Waals surface area contributed by atoms with Crippen molar-refractivity contribution in [1.29, 1.82) is 0 Å². The van der Waals surface area contributed by atoms with Crippen LogP contribution in [-0.2, 0) is 4.79 Å². The Morgan fingerprint density at radius 2 is 2.06 bits per heavy atom. The van der Waals surface area contributed by atoms with Crippen LogP contribution in [-0.4, -0.2) is 31.0 Å². The van der Waals surface area contributed by atoms with Gasteiger partial charge in [0.2, 0.25) is 5.91 Å². The molecule has 0 saturated heterocycles. The number of nitrogens with one attached hydrogen (secondary N) is 1. The SMILES string of the molecule is Cc1cccc(-n2ncc3c(=O)n4c(nc32)SCC4CC(=O)Nc2ccc(Br)cc2)c1. The first-order valence-electron chi connectivity index (χ1n) is 9.75. The highest BCUT2D eigenvalue weighted by molar-refractivity contribution is 9.10. The number of nitrogens with zero attached hydrogens (tertiary/aromatic N) is 4. The van der Waals surface area contributed by atoms with Crippen LogP contribution in [0.1, 0.15) is 18.0 Å². The van der Waals surface area contributed by atoms with E-state index in [0.29, 0.717) is 21.9 Å². The minimum absolute atomic E-state index is 0.136. The molecule has 0 fully saturated rings. The molecular formula is C22H18BrN5O2S. The monoisotopic (exact) mass is 495 g/mol. The summed E-state index contributed by atoms with van der Waals surface area (Å²) in [6.45, 7) is 2.01. The predicted octanol–water partition coefficient (Wildman–Crippen LogP) is 4.33. The summed E-state index contributed by atoms with van der Waals surface area (Å²) in [5, 5.41) is 8.37. The fourth-order valence-electron chi connectivity index (χ4n) is 3.69. The molecule has 1 unspecified atom stereocenters. The average molecular weight is 496 g/mol. The van der Waals surface area contributed by atoms with Crippen LogP contribution in [0.5, 0.6) is 0 Å². The summed E-state index contributed by atoms with van der Waals surface area (Å²) >= 11 is 4.87. The van der Waals surface area contributed by atoms with Gasteiger partial charge in [-0.3, -0.25) is 14.2 Å². The Hall–Kier alpha value is -2.91. The number of thioether (sulfide) groups is 1. The molecule has 1 aliphatic heterocycles. The maximum Gasteiger partial charge on any atom is 0.265 e. The maximum absolute atomic E-state index is 13.2. The third kappa shape index (κ3) is 3.79. The molecule has 156 valence electrons. The van der Waals surface area contributed by atoms with E-state index in [4.69, 9.17) is 4.98 Å². The molecule has 1 aliphatic rings. The molecule has 0 saturated carbocycles. The first-order valence-corrected chi connectivity index (χ1v) is 11.5. The van der Waals surface area contributed by atoms with Gasteiger partial charge in [-0.1, -0.05) is 39.8 Å². The fourth-order valence-corrected chi connectivity index (χ4v) is 5.08. The molecule has 0 bridgehead atoms. The van der Waals surface area contributed by atoms with E-state index in [1.807, 2.05) is 55.5 Å². The number of hydrogen-bond acceptors (Lipinski definition) is 5. The molecule has 1 amide bonds. The zero-order chi connectivity index (χ0) is 21.5. The summed E-state index contributed by atoms with van der Waals surface area (Å²) in [6.07, 6.45) is 1.76. The Morgan fingerprint density at radius 1 is 1.26 bits per heavy atom. The first kappa shape index (κ1) is 20.0. The zero-order valence-electron chi connectivity index (χ0n) is 16.6. The number of anilines is 1. The van der Waals surface area contributed by atoms with E-state index in [0.717, 1.165) is 21.4 Å². The maximum atomic E-state index is 13.2. The number of carbonyl (C=O) groups is 1. The quantitative estimate of drug-likeness (QED) is 0.426. The van der Waals surface area contributed by atoms with Crippen molar-refractivity contribution in [2.45, 2.75) is 24.5 Å². The van der Waals surface area contributed by atoms with Crippen LogP contribution in [0, 0.1) is 6.92 Å². The Balaban J connectivity index is 1.44. The first-order chi connectivity index (χ1) is 15.0. The summed E-state index contributed by atoms with van der Waals surface area (Å²) in [5.74, 6) is 0.490. The minimum atomic E-state index is -0.248. The Bertz CT molecular complexity index is 1360. The van der Waals surface area contributed by atoms with E-state index < -0.39 is 0 Å². The molecule has 3 heterocycles. The lowest BCUT2D eigenvalue weighted by Gasteiger charge is -2.13. The smallest absolute Gasteiger partial charge is 0.265 e. The summed E-state index contributed by atoms with van der Waals surface area (Å²) < 4.78 is 4.27. The van der Waals surface area contributed by atoms with Gasteiger partial charge in [-0.05, 0) is 48.9 Å². The van der Waals surface area contributed by atoms with Crippen LogP contribution in [0.3, 0.4) is 0 Å². The molecular weight excluding hydrogens is 478 g/mol. The lowest BCUT2D eigenvalue weighted by molar-refractivity contribution is -0.116. The van der Waals surface area contributed by atoms with Crippen LogP contribution >= 0.6 is 27.7 Å². The van der Waals surface area contributed by atoms with Crippen molar-refractivity contribution in [1.82, 2.24) is 19.3 Å². The van der Waals surface area contributed by atoms with Gasteiger partial charge < -0.3 is 5.32 Å². The Kier molecular flexibility index (Phi) is 5.15. The van der Waals surface area contributed by atoms with Gasteiger partial charge in [0.05, 0.1) is 17.9 Å². The molecule has 1 atom stereocenters. The molecule has 2 aromatic heterocycles. The minimum Gasteiger partial charge on any atom is -0.326 e. The van der Waals surface area contributed by atoms with Crippen LogP contribution in [0.4, 0.5) is 5.69 Å². The topological polar surface area (TPSA) is 81.8 Å². The van der Waals surface area contributed by atoms with Crippen molar-refractivity contribution in [3.8, 4) is 5.69 Å². The number of benzene rings is 2. The third-order valence-corrected chi connectivity index (χ3v) is 6.79. The second kappa shape index (κ2) is 7.97. The number of amides is 1. The van der Waals surface area contributed by atoms with Crippen LogP contribution in [0.15, 0.2) is 69.2 Å². The number of halogens is 1. The number of aromatic nitrogens is 4. The average Bonchev–Trinajstić information content (AvgIpc) is 3.35. The Labute approximate surface area is 190 Å². The van der Waals surface area contributed by atoms with Gasteiger partial charge >= 0.3 is 0 Å². The predicted molar refractivity (Wildman–Crippen MR) is 125 cm³/mol. The summed E-state index contributed by atoms with van der Waals surface area (Å²) in [6, 6.07) is 15.0. The van der Waals surface area contributed by atoms with Gasteiger partial charge in [-0.15, -0.1) is 0 Å². The largest absolute Gasteiger partial charge is 0.326 e. The van der Waals surface area contributed by atoms with Crippen LogP contribution < -0.4 is 10.9 Å². The molecule has 4 aromatic rings. The molecule has 1 N–H and O–H groups in total. The second-order valence-corrected chi connectivity index (χ2v) is 9.33. The van der Waals surface area contributed by atoms with Gasteiger partial charge in [-0.25, -0.2) is 9.67 Å². The molecule has 9 heteroatoms. The highest BCUT2D eigenvalue weighted by atomic mass is 79.9. The molecule has 0 radical (unpaired) electrons. The molecule has 31 heavy (non-hydrogen) atoms. The molecule has 0 aliphatic carbocycles. The van der Waals surface area contributed by atoms with Gasteiger partial charge in [0.1, 0.15) is 5.39 Å². The van der Waals surface area contributed by atoms with E-state index in [1.165, 1.54) is 11.8 Å². The van der Waals surface area contributed by atoms with Gasteiger partial charge in [0.25, 0.3) is 5.56 Å². The third-order valence-electron chi connectivity index (χ3n) is 5.17. The highest BCUT2D eigenvalue weighted by Gasteiger charge is 2.29. The van der Waals surface area contributed by atoms with Crippen LogP contribution in [0.25, 0.3) is 16.7 Å². The molecule has 5 rings (SSSR count). The van der Waals surface area contributed by atoms with Crippen molar-refractivity contribution in [2.75, 3.05) is 11.1 Å². The number of fused-ring (bicyclic) bond motifs is 2. The number of hydrogen-bond donors (Lipinski definition) is 1. The van der Waals surface area contributed by atoms with E-state index in [1.54, 1.807) is 15.4 Å². The summed E-state index contributed by atoms with van der Waals surface area (Å²) in [5.41, 5.74) is 3.06. The number of carbonyl (C=O) groups excluding carboxylic acids is 1. The fraction of sp³-hybridized carbons (Fsp3) is 0.182. The van der Waals surface area contributed by atoms with Crippen molar-refractivity contribution in [2.24, 2.45) is 0 Å². The standard InChI is InChI=1S/C22H18BrN5O2S/c1-13-3-2-4-16(9-13)28-20-18(11-24-28)21(30)27-17(12-31-22(27)26-20)10-19(29)25-15-7-5-14(23)6-8-15/h2-9,11,17H,10,12H2,1H3,(H,25,29). The molecule has 7 nitrogen and oxygen atoms in total. The number of aryl methyl sites for hydroxylation is 1. The van der Waals surface area contributed by atoms with Crippen molar-refractivity contribution in [3.05, 3.63) is 75.1 Å². The van der Waals surface area contributed by atoms with Gasteiger partial charge in [0.15, 0.2) is 10.8 Å². The van der Waals surface area contributed by atoms with Gasteiger partial charge in [0, 0.05) is 22.3 Å². The zero-order valence-corrected chi connectivity index (χ0v) is 19.0.